The summed E-state index contributed by atoms with van der Waals surface area (Å²) in [4.78, 5) is 52.6. The number of phenols is 12. The van der Waals surface area contributed by atoms with Crippen LogP contribution in [0.4, 0.5) is 0 Å². The molecule has 5 atom stereocenters. The number of benzene rings is 4. The van der Waals surface area contributed by atoms with E-state index in [9.17, 15) is 85.6 Å². The van der Waals surface area contributed by atoms with E-state index >= 15 is 0 Å². The first-order valence-electron chi connectivity index (χ1n) is 15.4. The Kier molecular flexibility index (Phi) is 10.8. The molecule has 13 N–H and O–H groups in total. The van der Waals surface area contributed by atoms with E-state index in [0.717, 1.165) is 0 Å². The molecule has 296 valence electrons. The Labute approximate surface area is 310 Å². The summed E-state index contributed by atoms with van der Waals surface area (Å²) < 4.78 is 26.7. The van der Waals surface area contributed by atoms with Gasteiger partial charge in [0.25, 0.3) is 0 Å². The predicted octanol–water partition coefficient (Wildman–Crippen LogP) is 0.705. The summed E-state index contributed by atoms with van der Waals surface area (Å²) in [6.45, 7) is -1.09. The second-order valence-electron chi connectivity index (χ2n) is 11.7. The molecule has 56 heavy (non-hydrogen) atoms. The summed E-state index contributed by atoms with van der Waals surface area (Å²) in [5, 5.41) is 129. The van der Waals surface area contributed by atoms with E-state index < -0.39 is 152 Å². The Morgan fingerprint density at radius 1 is 0.446 bits per heavy atom. The number of aliphatic hydroxyl groups is 1. The predicted molar refractivity (Wildman–Crippen MR) is 175 cm³/mol. The van der Waals surface area contributed by atoms with Gasteiger partial charge in [-0.15, -0.1) is 0 Å². The van der Waals surface area contributed by atoms with Gasteiger partial charge in [-0.1, -0.05) is 0 Å². The maximum Gasteiger partial charge on any atom is 0.340 e. The van der Waals surface area contributed by atoms with Crippen molar-refractivity contribution in [3.8, 4) is 69.0 Å². The van der Waals surface area contributed by atoms with Crippen molar-refractivity contribution in [3.05, 3.63) is 70.8 Å². The van der Waals surface area contributed by atoms with Crippen molar-refractivity contribution >= 4 is 23.9 Å². The monoisotopic (exact) mass is 788 g/mol. The van der Waals surface area contributed by atoms with Crippen molar-refractivity contribution in [1.29, 1.82) is 0 Å². The molecular formula is C34H28O22. The fraction of sp³-hybridized carbons (Fsp3) is 0.176. The van der Waals surface area contributed by atoms with Gasteiger partial charge in [0.1, 0.15) is 18.8 Å². The third-order valence-electron chi connectivity index (χ3n) is 7.93. The van der Waals surface area contributed by atoms with Crippen LogP contribution in [-0.2, 0) is 23.7 Å². The minimum absolute atomic E-state index is 0.570. The molecule has 0 radical (unpaired) electrons. The van der Waals surface area contributed by atoms with Gasteiger partial charge in [-0.3, -0.25) is 0 Å². The van der Waals surface area contributed by atoms with E-state index in [1.54, 1.807) is 0 Å². The van der Waals surface area contributed by atoms with E-state index in [0.29, 0.717) is 48.5 Å². The molecule has 0 bridgehead atoms. The van der Waals surface area contributed by atoms with Gasteiger partial charge in [0.2, 0.25) is 6.29 Å². The standard InChI is InChI=1S/C34H28O22/c35-14-1-10(2-15(36)23(14)43)30(48)52-9-22-28(54-31(49)11-3-16(37)24(44)17(38)4-11)27(47)29(55-32(50)12-5-18(39)25(45)19(40)6-12)34(53-22)56-33(51)13-7-20(41)26(46)21(42)8-13/h1-8,22,27-29,34-47H,9H2/t22-,27+,28-,29-,34+/m1/s1. The summed E-state index contributed by atoms with van der Waals surface area (Å²) in [7, 11) is 0. The Balaban J connectivity index is 1.54. The number of carbonyl (C=O) groups excluding carboxylic acids is 4. The molecule has 5 rings (SSSR count). The largest absolute Gasteiger partial charge is 0.504 e. The van der Waals surface area contributed by atoms with Gasteiger partial charge < -0.3 is 90.1 Å². The smallest absolute Gasteiger partial charge is 0.340 e. The second-order valence-corrected chi connectivity index (χ2v) is 11.7. The van der Waals surface area contributed by atoms with Crippen LogP contribution in [0.15, 0.2) is 48.5 Å². The first-order valence-corrected chi connectivity index (χ1v) is 15.4. The average Bonchev–Trinajstić information content (AvgIpc) is 3.14. The van der Waals surface area contributed by atoms with Crippen LogP contribution in [-0.4, -0.2) is 128 Å². The van der Waals surface area contributed by atoms with Crippen LogP contribution in [0.2, 0.25) is 0 Å². The maximum absolute atomic E-state index is 13.3. The molecule has 0 amide bonds. The molecule has 4 aromatic carbocycles. The first kappa shape index (κ1) is 39.5. The molecule has 22 heteroatoms. The van der Waals surface area contributed by atoms with Crippen LogP contribution in [0.1, 0.15) is 41.4 Å². The number of rotatable bonds is 9. The molecule has 1 aliphatic rings. The molecule has 22 nitrogen and oxygen atoms in total. The van der Waals surface area contributed by atoms with Crippen molar-refractivity contribution in [2.75, 3.05) is 6.61 Å². The fourth-order valence-corrected chi connectivity index (χ4v) is 5.08. The summed E-state index contributed by atoms with van der Waals surface area (Å²) in [5.74, 6) is -17.9. The molecular weight excluding hydrogens is 760 g/mol. The summed E-state index contributed by atoms with van der Waals surface area (Å²) >= 11 is 0. The lowest BCUT2D eigenvalue weighted by Gasteiger charge is -2.42. The molecule has 0 aromatic heterocycles. The number of carbonyl (C=O) groups is 4. The van der Waals surface area contributed by atoms with Gasteiger partial charge in [-0.25, -0.2) is 19.2 Å². The quantitative estimate of drug-likeness (QED) is 0.0630. The molecule has 0 saturated carbocycles. The van der Waals surface area contributed by atoms with E-state index in [-0.39, 0.29) is 0 Å². The Morgan fingerprint density at radius 3 is 1.07 bits per heavy atom. The Bertz CT molecular complexity index is 2140. The van der Waals surface area contributed by atoms with Crippen LogP contribution >= 0.6 is 0 Å². The van der Waals surface area contributed by atoms with Crippen LogP contribution in [0.5, 0.6) is 69.0 Å². The summed E-state index contributed by atoms with van der Waals surface area (Å²) in [6.07, 6.45) is -11.2. The maximum atomic E-state index is 13.3. The third kappa shape index (κ3) is 7.95. The zero-order valence-corrected chi connectivity index (χ0v) is 27.7. The molecule has 1 saturated heterocycles. The average molecular weight is 789 g/mol. The minimum atomic E-state index is -2.40. The number of hydrogen-bond acceptors (Lipinski definition) is 22. The lowest BCUT2D eigenvalue weighted by Crippen LogP contribution is -2.62. The third-order valence-corrected chi connectivity index (χ3v) is 7.93. The molecule has 1 heterocycles. The molecule has 0 aliphatic carbocycles. The normalized spacial score (nSPS) is 19.1. The zero-order valence-electron chi connectivity index (χ0n) is 27.7. The van der Waals surface area contributed by atoms with Gasteiger partial charge in [0, 0.05) is 0 Å². The van der Waals surface area contributed by atoms with Crippen molar-refractivity contribution < 1.29 is 109 Å². The van der Waals surface area contributed by atoms with Crippen LogP contribution in [0, 0.1) is 0 Å². The van der Waals surface area contributed by atoms with E-state index in [1.165, 1.54) is 0 Å². The van der Waals surface area contributed by atoms with E-state index in [1.807, 2.05) is 0 Å². The lowest BCUT2D eigenvalue weighted by atomic mass is 9.98. The van der Waals surface area contributed by atoms with Crippen molar-refractivity contribution in [2.24, 2.45) is 0 Å². The van der Waals surface area contributed by atoms with E-state index in [2.05, 4.69) is 0 Å². The molecule has 0 spiro atoms. The molecule has 1 fully saturated rings. The number of aromatic hydroxyl groups is 12. The van der Waals surface area contributed by atoms with Crippen molar-refractivity contribution in [2.45, 2.75) is 30.7 Å². The SMILES string of the molecule is O=C(OC[C@H]1O[C@@H](OC(=O)c2cc(O)c(O)c(O)c2)[C@H](OC(=O)c2cc(O)c(O)c(O)c2)[C@@H](O)[C@@H]1OC(=O)c1cc(O)c(O)c(O)c1)c1cc(O)c(O)c(O)c1. The number of aliphatic hydroxyl groups excluding tert-OH is 1. The van der Waals surface area contributed by atoms with Crippen LogP contribution in [0.3, 0.4) is 0 Å². The Morgan fingerprint density at radius 2 is 0.732 bits per heavy atom. The zero-order chi connectivity index (χ0) is 41.3. The first-order chi connectivity index (χ1) is 26.3. The van der Waals surface area contributed by atoms with E-state index in [4.69, 9.17) is 23.7 Å². The molecule has 4 aromatic rings. The number of phenolic OH excluding ortho intramolecular Hbond substituents is 12. The number of esters is 4. The van der Waals surface area contributed by atoms with Crippen molar-refractivity contribution in [1.82, 2.24) is 0 Å². The number of ether oxygens (including phenoxy) is 5. The minimum Gasteiger partial charge on any atom is -0.504 e. The van der Waals surface area contributed by atoms with Gasteiger partial charge in [-0.2, -0.15) is 0 Å². The van der Waals surface area contributed by atoms with Crippen LogP contribution in [0.25, 0.3) is 0 Å². The van der Waals surface area contributed by atoms with Gasteiger partial charge in [0.05, 0.1) is 22.3 Å². The molecule has 1 aliphatic heterocycles. The highest BCUT2D eigenvalue weighted by Gasteiger charge is 2.52. The lowest BCUT2D eigenvalue weighted by molar-refractivity contribution is -0.283. The van der Waals surface area contributed by atoms with Crippen molar-refractivity contribution in [3.63, 3.8) is 0 Å². The van der Waals surface area contributed by atoms with Crippen LogP contribution < -0.4 is 0 Å². The summed E-state index contributed by atoms with van der Waals surface area (Å²) in [6, 6.07) is 5.06. The molecule has 0 unspecified atom stereocenters. The fourth-order valence-electron chi connectivity index (χ4n) is 5.08. The number of hydrogen-bond donors (Lipinski definition) is 13. The highest BCUT2D eigenvalue weighted by Crippen LogP contribution is 2.40. The Hall–Kier alpha value is -7.72. The second kappa shape index (κ2) is 15.3. The topological polar surface area (TPSA) is 377 Å². The highest BCUT2D eigenvalue weighted by molar-refractivity contribution is 5.93. The summed E-state index contributed by atoms with van der Waals surface area (Å²) in [5.41, 5.74) is -2.60. The highest BCUT2D eigenvalue weighted by atomic mass is 16.7. The van der Waals surface area contributed by atoms with Gasteiger partial charge in [0.15, 0.2) is 81.2 Å². The van der Waals surface area contributed by atoms with Gasteiger partial charge in [-0.05, 0) is 48.5 Å². The van der Waals surface area contributed by atoms with Gasteiger partial charge >= 0.3 is 23.9 Å².